The number of hydrogen-bond donors (Lipinski definition) is 1. The lowest BCUT2D eigenvalue weighted by atomic mass is 10.1. The zero-order valence-corrected chi connectivity index (χ0v) is 9.08. The maximum Gasteiger partial charge on any atom is 0.176 e. The van der Waals surface area contributed by atoms with Crippen LogP contribution in [-0.4, -0.2) is 12.3 Å². The largest absolute Gasteiger partial charge is 0.330 e. The molecule has 0 unspecified atom stereocenters. The summed E-state index contributed by atoms with van der Waals surface area (Å²) in [7, 11) is 0. The molecular formula is C9H7BrF3NO. The summed E-state index contributed by atoms with van der Waals surface area (Å²) in [4.78, 5) is 11.2. The first-order valence-corrected chi connectivity index (χ1v) is 4.84. The lowest BCUT2D eigenvalue weighted by Crippen LogP contribution is -2.11. The molecule has 0 aliphatic heterocycles. The Hall–Kier alpha value is -0.880. The third-order valence-electron chi connectivity index (χ3n) is 1.77. The Morgan fingerprint density at radius 3 is 2.47 bits per heavy atom. The van der Waals surface area contributed by atoms with E-state index in [1.54, 1.807) is 0 Å². The second kappa shape index (κ2) is 4.76. The molecule has 0 heterocycles. The SMILES string of the molecule is NCCC(=O)c1cc(F)c(Br)c(F)c1F. The third kappa shape index (κ3) is 2.38. The summed E-state index contributed by atoms with van der Waals surface area (Å²) in [6.45, 7) is -0.00241. The van der Waals surface area contributed by atoms with Gasteiger partial charge in [-0.25, -0.2) is 13.2 Å². The lowest BCUT2D eigenvalue weighted by Gasteiger charge is -2.04. The van der Waals surface area contributed by atoms with Crippen LogP contribution >= 0.6 is 15.9 Å². The molecule has 82 valence electrons. The minimum Gasteiger partial charge on any atom is -0.330 e. The minimum atomic E-state index is -1.41. The van der Waals surface area contributed by atoms with Crippen molar-refractivity contribution in [2.24, 2.45) is 5.73 Å². The van der Waals surface area contributed by atoms with Gasteiger partial charge in [0, 0.05) is 6.42 Å². The molecule has 0 aliphatic carbocycles. The number of halogens is 4. The summed E-state index contributed by atoms with van der Waals surface area (Å²) in [5.41, 5.74) is 4.47. The number of ketones is 1. The Balaban J connectivity index is 3.26. The highest BCUT2D eigenvalue weighted by atomic mass is 79.9. The summed E-state index contributed by atoms with van der Waals surface area (Å²) in [6, 6.07) is 0.653. The van der Waals surface area contributed by atoms with Gasteiger partial charge in [-0.1, -0.05) is 0 Å². The van der Waals surface area contributed by atoms with Gasteiger partial charge < -0.3 is 5.73 Å². The second-order valence-electron chi connectivity index (χ2n) is 2.81. The molecule has 1 aromatic carbocycles. The first-order chi connectivity index (χ1) is 6.99. The van der Waals surface area contributed by atoms with Crippen LogP contribution in [-0.2, 0) is 0 Å². The molecule has 2 nitrogen and oxygen atoms in total. The van der Waals surface area contributed by atoms with Gasteiger partial charge in [-0.3, -0.25) is 4.79 Å². The van der Waals surface area contributed by atoms with E-state index >= 15 is 0 Å². The van der Waals surface area contributed by atoms with Crippen LogP contribution in [0.1, 0.15) is 16.8 Å². The van der Waals surface area contributed by atoms with Crippen LogP contribution in [0.3, 0.4) is 0 Å². The van der Waals surface area contributed by atoms with E-state index < -0.39 is 33.3 Å². The Morgan fingerprint density at radius 1 is 1.33 bits per heavy atom. The summed E-state index contributed by atoms with van der Waals surface area (Å²) in [6.07, 6.45) is -0.155. The number of rotatable bonds is 3. The molecule has 0 saturated heterocycles. The van der Waals surface area contributed by atoms with E-state index in [1.807, 2.05) is 0 Å². The molecule has 0 fully saturated rings. The van der Waals surface area contributed by atoms with Gasteiger partial charge in [0.05, 0.1) is 10.0 Å². The third-order valence-corrected chi connectivity index (χ3v) is 2.50. The Kier molecular flexibility index (Phi) is 3.87. The fourth-order valence-electron chi connectivity index (χ4n) is 1.04. The van der Waals surface area contributed by atoms with Gasteiger partial charge in [-0.05, 0) is 28.5 Å². The van der Waals surface area contributed by atoms with E-state index in [0.29, 0.717) is 6.07 Å². The van der Waals surface area contributed by atoms with Crippen LogP contribution in [0.4, 0.5) is 13.2 Å². The highest BCUT2D eigenvalue weighted by molar-refractivity contribution is 9.10. The number of hydrogen-bond acceptors (Lipinski definition) is 2. The maximum atomic E-state index is 13.2. The van der Waals surface area contributed by atoms with Crippen molar-refractivity contribution < 1.29 is 18.0 Å². The molecule has 0 bridgehead atoms. The van der Waals surface area contributed by atoms with Gasteiger partial charge in [0.2, 0.25) is 0 Å². The van der Waals surface area contributed by atoms with E-state index in [1.165, 1.54) is 0 Å². The zero-order chi connectivity index (χ0) is 11.6. The average Bonchev–Trinajstić information content (AvgIpc) is 2.20. The molecule has 15 heavy (non-hydrogen) atoms. The molecule has 0 aliphatic rings. The van der Waals surface area contributed by atoms with Crippen molar-refractivity contribution in [3.8, 4) is 0 Å². The van der Waals surface area contributed by atoms with E-state index in [0.717, 1.165) is 0 Å². The quantitative estimate of drug-likeness (QED) is 0.525. The fraction of sp³-hybridized carbons (Fsp3) is 0.222. The predicted octanol–water partition coefficient (Wildman–Crippen LogP) is 2.40. The van der Waals surface area contributed by atoms with E-state index in [-0.39, 0.29) is 13.0 Å². The van der Waals surface area contributed by atoms with Crippen LogP contribution in [0, 0.1) is 17.5 Å². The fourth-order valence-corrected chi connectivity index (χ4v) is 1.33. The molecular weight excluding hydrogens is 275 g/mol. The van der Waals surface area contributed by atoms with Crippen molar-refractivity contribution >= 4 is 21.7 Å². The van der Waals surface area contributed by atoms with Crippen molar-refractivity contribution in [1.82, 2.24) is 0 Å². The van der Waals surface area contributed by atoms with E-state index in [2.05, 4.69) is 15.9 Å². The standard InChI is InChI=1S/C9H7BrF3NO/c10-7-5(11)3-4(6(15)1-2-14)8(12)9(7)13/h3H,1-2,14H2. The number of nitrogens with two attached hydrogens (primary N) is 1. The van der Waals surface area contributed by atoms with Crippen molar-refractivity contribution in [3.63, 3.8) is 0 Å². The van der Waals surface area contributed by atoms with Crippen LogP contribution in [0.15, 0.2) is 10.5 Å². The Labute approximate surface area is 92.4 Å². The van der Waals surface area contributed by atoms with Gasteiger partial charge in [0.1, 0.15) is 5.82 Å². The van der Waals surface area contributed by atoms with Gasteiger partial charge in [-0.2, -0.15) is 0 Å². The molecule has 1 aromatic rings. The molecule has 0 amide bonds. The highest BCUT2D eigenvalue weighted by Gasteiger charge is 2.20. The van der Waals surface area contributed by atoms with Crippen LogP contribution < -0.4 is 5.73 Å². The van der Waals surface area contributed by atoms with Gasteiger partial charge >= 0.3 is 0 Å². The Morgan fingerprint density at radius 2 is 1.93 bits per heavy atom. The number of carbonyl (C=O) groups excluding carboxylic acids is 1. The topological polar surface area (TPSA) is 43.1 Å². The van der Waals surface area contributed by atoms with Crippen LogP contribution in [0.5, 0.6) is 0 Å². The average molecular weight is 282 g/mol. The normalized spacial score (nSPS) is 10.5. The molecule has 0 radical (unpaired) electrons. The summed E-state index contributed by atoms with van der Waals surface area (Å²) in [5, 5.41) is 0. The van der Waals surface area contributed by atoms with Crippen molar-refractivity contribution in [3.05, 3.63) is 33.6 Å². The summed E-state index contributed by atoms with van der Waals surface area (Å²) < 4.78 is 38.6. The molecule has 0 aromatic heterocycles. The monoisotopic (exact) mass is 281 g/mol. The highest BCUT2D eigenvalue weighted by Crippen LogP contribution is 2.25. The molecule has 0 atom stereocenters. The Bertz CT molecular complexity index is 409. The van der Waals surface area contributed by atoms with E-state index in [9.17, 15) is 18.0 Å². The lowest BCUT2D eigenvalue weighted by molar-refractivity contribution is 0.0980. The predicted molar refractivity (Wildman–Crippen MR) is 52.0 cm³/mol. The van der Waals surface area contributed by atoms with Crippen LogP contribution in [0.25, 0.3) is 0 Å². The molecule has 2 N–H and O–H groups in total. The van der Waals surface area contributed by atoms with Crippen molar-refractivity contribution in [2.75, 3.05) is 6.54 Å². The molecule has 1 rings (SSSR count). The zero-order valence-electron chi connectivity index (χ0n) is 7.49. The number of carbonyl (C=O) groups is 1. The molecule has 6 heteroatoms. The first-order valence-electron chi connectivity index (χ1n) is 4.05. The van der Waals surface area contributed by atoms with Crippen LogP contribution in [0.2, 0.25) is 0 Å². The summed E-state index contributed by atoms with van der Waals surface area (Å²) >= 11 is 2.53. The van der Waals surface area contributed by atoms with Gasteiger partial charge in [0.15, 0.2) is 17.4 Å². The van der Waals surface area contributed by atoms with Crippen molar-refractivity contribution in [2.45, 2.75) is 6.42 Å². The number of Topliss-reactive ketones (excluding diaryl/α,β-unsaturated/α-hetero) is 1. The molecule has 0 spiro atoms. The van der Waals surface area contributed by atoms with Crippen molar-refractivity contribution in [1.29, 1.82) is 0 Å². The number of benzene rings is 1. The molecule has 0 saturated carbocycles. The van der Waals surface area contributed by atoms with Gasteiger partial charge in [0.25, 0.3) is 0 Å². The van der Waals surface area contributed by atoms with Gasteiger partial charge in [-0.15, -0.1) is 0 Å². The smallest absolute Gasteiger partial charge is 0.176 e. The second-order valence-corrected chi connectivity index (χ2v) is 3.60. The maximum absolute atomic E-state index is 13.2. The minimum absolute atomic E-state index is 0.00241. The first kappa shape index (κ1) is 12.2. The van der Waals surface area contributed by atoms with E-state index in [4.69, 9.17) is 5.73 Å². The summed E-state index contributed by atoms with van der Waals surface area (Å²) in [5.74, 6) is -4.51.